The zero-order valence-corrected chi connectivity index (χ0v) is 23.9. The Hall–Kier alpha value is -4.27. The van der Waals surface area contributed by atoms with E-state index in [2.05, 4.69) is 31.7 Å². The highest BCUT2D eigenvalue weighted by atomic mass is 35.5. The molecule has 0 aromatic carbocycles. The number of nitrogens with one attached hydrogen (secondary N) is 2. The van der Waals surface area contributed by atoms with Crippen LogP contribution < -0.4 is 20.3 Å². The van der Waals surface area contributed by atoms with Gasteiger partial charge >= 0.3 is 0 Å². The van der Waals surface area contributed by atoms with Crippen LogP contribution in [0.3, 0.4) is 0 Å². The predicted octanol–water partition coefficient (Wildman–Crippen LogP) is 4.04. The third-order valence-corrected chi connectivity index (χ3v) is 8.48. The smallest absolute Gasteiger partial charge is 0.271 e. The van der Waals surface area contributed by atoms with Gasteiger partial charge in [0, 0.05) is 55.2 Å². The number of hydrogen-bond acceptors (Lipinski definition) is 8. The first-order valence-electron chi connectivity index (χ1n) is 13.8. The number of hydrogen-bond donors (Lipinski definition) is 2. The molecular formula is C30H30ClFN8O2. The number of alkyl halides is 1. The maximum absolute atomic E-state index is 13.6. The first kappa shape index (κ1) is 27.9. The average Bonchev–Trinajstić information content (AvgIpc) is 3.40. The van der Waals surface area contributed by atoms with Crippen LogP contribution in [0.2, 0.25) is 5.02 Å². The zero-order valence-electron chi connectivity index (χ0n) is 23.1. The number of carbonyl (C=O) groups excluding carboxylic acids is 1. The number of anilines is 1. The van der Waals surface area contributed by atoms with E-state index < -0.39 is 17.6 Å². The summed E-state index contributed by atoms with van der Waals surface area (Å²) in [6.45, 7) is 4.38. The van der Waals surface area contributed by atoms with Crippen LogP contribution in [0.5, 0.6) is 5.75 Å². The third kappa shape index (κ3) is 5.35. The molecule has 2 fully saturated rings. The lowest BCUT2D eigenvalue weighted by molar-refractivity contribution is 0.0548. The number of nitrogens with zero attached hydrogens (tertiary/aromatic N) is 6. The van der Waals surface area contributed by atoms with Crippen molar-refractivity contribution >= 4 is 28.8 Å². The monoisotopic (exact) mass is 588 g/mol. The molecule has 1 amide bonds. The Bertz CT molecular complexity index is 1650. The van der Waals surface area contributed by atoms with Crippen molar-refractivity contribution in [1.82, 2.24) is 30.2 Å². The fourth-order valence-electron chi connectivity index (χ4n) is 5.40. The van der Waals surface area contributed by atoms with E-state index in [9.17, 15) is 14.4 Å². The van der Waals surface area contributed by atoms with E-state index in [1.807, 2.05) is 25.1 Å². The van der Waals surface area contributed by atoms with Gasteiger partial charge in [0.15, 0.2) is 0 Å². The van der Waals surface area contributed by atoms with Crippen molar-refractivity contribution in [1.29, 1.82) is 5.26 Å². The van der Waals surface area contributed by atoms with Crippen molar-refractivity contribution in [3.05, 3.63) is 71.4 Å². The highest BCUT2D eigenvalue weighted by Gasteiger charge is 2.38. The SMILES string of the molecule is CC1(NC(=O)c2ncccc2Cl)CCN(c2ccc(-c3cc(OCC4(CF)CNC4)cn4ncc(C#N)c34)cn2)CC1. The van der Waals surface area contributed by atoms with E-state index in [1.54, 1.807) is 35.2 Å². The Labute approximate surface area is 247 Å². The molecule has 0 aliphatic carbocycles. The highest BCUT2D eigenvalue weighted by Crippen LogP contribution is 2.33. The largest absolute Gasteiger partial charge is 0.491 e. The number of aromatic nitrogens is 4. The van der Waals surface area contributed by atoms with Crippen LogP contribution >= 0.6 is 11.6 Å². The number of pyridine rings is 3. The van der Waals surface area contributed by atoms with Crippen LogP contribution in [0, 0.1) is 16.7 Å². The Kier molecular flexibility index (Phi) is 7.43. The van der Waals surface area contributed by atoms with Gasteiger partial charge in [-0.25, -0.2) is 14.5 Å². The molecule has 0 saturated carbocycles. The molecule has 6 heterocycles. The summed E-state index contributed by atoms with van der Waals surface area (Å²) in [6.07, 6.45) is 8.02. The molecule has 0 bridgehead atoms. The highest BCUT2D eigenvalue weighted by molar-refractivity contribution is 6.33. The van der Waals surface area contributed by atoms with E-state index in [-0.39, 0.29) is 18.2 Å². The minimum atomic E-state index is -0.515. The van der Waals surface area contributed by atoms with Gasteiger partial charge in [0.25, 0.3) is 5.91 Å². The first-order chi connectivity index (χ1) is 20.3. The first-order valence-corrected chi connectivity index (χ1v) is 14.2. The van der Waals surface area contributed by atoms with Crippen LogP contribution in [-0.2, 0) is 0 Å². The molecule has 2 aliphatic heterocycles. The number of piperidine rings is 1. The Morgan fingerprint density at radius 3 is 2.69 bits per heavy atom. The maximum atomic E-state index is 13.6. The predicted molar refractivity (Wildman–Crippen MR) is 156 cm³/mol. The number of ether oxygens (including phenoxy) is 1. The lowest BCUT2D eigenvalue weighted by Crippen LogP contribution is -2.58. The molecule has 0 atom stereocenters. The molecule has 12 heteroatoms. The number of carbonyl (C=O) groups is 1. The quantitative estimate of drug-likeness (QED) is 0.316. The molecule has 4 aromatic rings. The molecule has 42 heavy (non-hydrogen) atoms. The van der Waals surface area contributed by atoms with Gasteiger partial charge in [-0.05, 0) is 50.1 Å². The Morgan fingerprint density at radius 2 is 2.05 bits per heavy atom. The van der Waals surface area contributed by atoms with Gasteiger partial charge in [-0.3, -0.25) is 9.18 Å². The lowest BCUT2D eigenvalue weighted by atomic mass is 9.84. The van der Waals surface area contributed by atoms with Gasteiger partial charge in [0.05, 0.1) is 40.5 Å². The van der Waals surface area contributed by atoms with Crippen molar-refractivity contribution in [2.45, 2.75) is 25.3 Å². The van der Waals surface area contributed by atoms with E-state index in [1.165, 1.54) is 6.20 Å². The van der Waals surface area contributed by atoms with Gasteiger partial charge < -0.3 is 20.3 Å². The third-order valence-electron chi connectivity index (χ3n) is 8.17. The number of fused-ring (bicyclic) bond motifs is 1. The summed E-state index contributed by atoms with van der Waals surface area (Å²) in [7, 11) is 0. The zero-order chi connectivity index (χ0) is 29.3. The standard InChI is InChI=1S/C30H30ClFN8O2/c1-29(38-28(41)26-24(31)3-2-8-35-26)6-9-39(10-7-29)25-5-4-20(13-36-25)23-11-22(42-19-30(16-32)17-34-18-30)15-40-27(23)21(12-33)14-37-40/h2-5,8,11,13-15,34H,6-7,9-10,16-19H2,1H3,(H,38,41). The van der Waals surface area contributed by atoms with E-state index in [4.69, 9.17) is 21.3 Å². The number of halogens is 2. The van der Waals surface area contributed by atoms with Crippen molar-refractivity contribution in [2.24, 2.45) is 5.41 Å². The summed E-state index contributed by atoms with van der Waals surface area (Å²) in [5.41, 5.74) is 1.96. The number of rotatable bonds is 8. The molecular weight excluding hydrogens is 559 g/mol. The second-order valence-electron chi connectivity index (χ2n) is 11.3. The molecule has 0 spiro atoms. The molecule has 0 unspecified atom stereocenters. The van der Waals surface area contributed by atoms with Crippen LogP contribution in [0.15, 0.2) is 55.1 Å². The van der Waals surface area contributed by atoms with Crippen molar-refractivity contribution < 1.29 is 13.9 Å². The van der Waals surface area contributed by atoms with E-state index in [0.717, 1.165) is 29.8 Å². The molecule has 2 aliphatic rings. The van der Waals surface area contributed by atoms with E-state index >= 15 is 0 Å². The summed E-state index contributed by atoms with van der Waals surface area (Å²) in [6, 6.07) is 11.3. The van der Waals surface area contributed by atoms with Crippen molar-refractivity contribution in [3.63, 3.8) is 0 Å². The van der Waals surface area contributed by atoms with Gasteiger partial charge in [-0.15, -0.1) is 0 Å². The minimum absolute atomic E-state index is 0.225. The molecule has 0 radical (unpaired) electrons. The van der Waals surface area contributed by atoms with Gasteiger partial charge in [-0.2, -0.15) is 10.4 Å². The summed E-state index contributed by atoms with van der Waals surface area (Å²) in [5, 5.41) is 20.6. The fraction of sp³-hybridized carbons (Fsp3) is 0.367. The summed E-state index contributed by atoms with van der Waals surface area (Å²) < 4.78 is 21.3. The van der Waals surface area contributed by atoms with Gasteiger partial charge in [-0.1, -0.05) is 11.6 Å². The summed E-state index contributed by atoms with van der Waals surface area (Å²) in [4.78, 5) is 23.8. The topological polar surface area (TPSA) is 120 Å². The summed E-state index contributed by atoms with van der Waals surface area (Å²) in [5.74, 6) is 1.08. The maximum Gasteiger partial charge on any atom is 0.271 e. The molecule has 216 valence electrons. The number of amides is 1. The van der Waals surface area contributed by atoms with Crippen LogP contribution in [-0.4, -0.2) is 70.5 Å². The lowest BCUT2D eigenvalue weighted by Gasteiger charge is -2.40. The molecule has 2 N–H and O–H groups in total. The van der Waals surface area contributed by atoms with E-state index in [0.29, 0.717) is 48.0 Å². The Balaban J connectivity index is 1.17. The second-order valence-corrected chi connectivity index (χ2v) is 11.7. The normalized spacial score (nSPS) is 17.3. The molecule has 2 saturated heterocycles. The van der Waals surface area contributed by atoms with Crippen molar-refractivity contribution in [3.8, 4) is 22.9 Å². The minimum Gasteiger partial charge on any atom is -0.491 e. The molecule has 6 rings (SSSR count). The fourth-order valence-corrected chi connectivity index (χ4v) is 5.61. The molecule has 10 nitrogen and oxygen atoms in total. The van der Waals surface area contributed by atoms with Crippen LogP contribution in [0.1, 0.15) is 35.8 Å². The number of nitriles is 1. The second kappa shape index (κ2) is 11.2. The molecule has 4 aromatic heterocycles. The Morgan fingerprint density at radius 1 is 1.24 bits per heavy atom. The van der Waals surface area contributed by atoms with Crippen LogP contribution in [0.25, 0.3) is 16.6 Å². The summed E-state index contributed by atoms with van der Waals surface area (Å²) >= 11 is 6.16. The van der Waals surface area contributed by atoms with Crippen molar-refractivity contribution in [2.75, 3.05) is 44.4 Å². The van der Waals surface area contributed by atoms with Gasteiger partial charge in [0.2, 0.25) is 0 Å². The average molecular weight is 589 g/mol. The van der Waals surface area contributed by atoms with Crippen LogP contribution in [0.4, 0.5) is 10.2 Å². The van der Waals surface area contributed by atoms with Gasteiger partial charge in [0.1, 0.15) is 30.0 Å².